The Hall–Kier alpha value is -3.46. The van der Waals surface area contributed by atoms with Crippen LogP contribution in [0.25, 0.3) is 21.5 Å². The molecular weight excluding hydrogens is 425 g/mol. The number of halogens is 3. The highest BCUT2D eigenvalue weighted by Crippen LogP contribution is 2.36. The summed E-state index contributed by atoms with van der Waals surface area (Å²) < 4.78 is 41.6. The highest BCUT2D eigenvalue weighted by atomic mass is 32.1. The number of nitrogens with zero attached hydrogens (tertiary/aromatic N) is 3. The zero-order valence-electron chi connectivity index (χ0n) is 16.4. The second kappa shape index (κ2) is 8.35. The number of amides is 1. The van der Waals surface area contributed by atoms with Gasteiger partial charge in [-0.25, -0.2) is 18.2 Å². The molecule has 0 radical (unpaired) electrons. The molecule has 0 fully saturated rings. The molecule has 3 aromatic heterocycles. The average Bonchev–Trinajstić information content (AvgIpc) is 3.12. The summed E-state index contributed by atoms with van der Waals surface area (Å²) in [4.78, 5) is 23.7. The van der Waals surface area contributed by atoms with E-state index < -0.39 is 23.4 Å². The molecule has 1 amide bonds. The SMILES string of the molecule is CCCN(C(=O)c1sc2nc(-c3cccnc3)ccc2c1N)c1ccc(F)c(F)c1F. The highest BCUT2D eigenvalue weighted by Gasteiger charge is 2.27. The molecule has 9 heteroatoms. The quantitative estimate of drug-likeness (QED) is 0.419. The second-order valence-electron chi connectivity index (χ2n) is 6.79. The maximum absolute atomic E-state index is 14.4. The zero-order chi connectivity index (χ0) is 22.1. The van der Waals surface area contributed by atoms with Crippen LogP contribution in [0.1, 0.15) is 23.0 Å². The van der Waals surface area contributed by atoms with Gasteiger partial charge >= 0.3 is 0 Å². The van der Waals surface area contributed by atoms with Crippen molar-refractivity contribution in [1.82, 2.24) is 9.97 Å². The number of thiophene rings is 1. The number of pyridine rings is 2. The molecule has 0 aliphatic carbocycles. The van der Waals surface area contributed by atoms with Gasteiger partial charge in [0.15, 0.2) is 17.5 Å². The summed E-state index contributed by atoms with van der Waals surface area (Å²) in [6.07, 6.45) is 3.80. The Labute approximate surface area is 180 Å². The Bertz CT molecular complexity index is 1280. The fourth-order valence-corrected chi connectivity index (χ4v) is 4.28. The maximum Gasteiger partial charge on any atom is 0.270 e. The van der Waals surface area contributed by atoms with E-state index in [1.54, 1.807) is 37.5 Å². The predicted molar refractivity (Wildman–Crippen MR) is 116 cm³/mol. The Kier molecular flexibility index (Phi) is 5.60. The van der Waals surface area contributed by atoms with E-state index in [4.69, 9.17) is 5.73 Å². The summed E-state index contributed by atoms with van der Waals surface area (Å²) in [6.45, 7) is 1.89. The zero-order valence-corrected chi connectivity index (χ0v) is 17.2. The molecular formula is C22H17F3N4OS. The van der Waals surface area contributed by atoms with Crippen molar-refractivity contribution in [3.8, 4) is 11.3 Å². The molecule has 4 aromatic rings. The number of nitrogens with two attached hydrogens (primary N) is 1. The van der Waals surface area contributed by atoms with E-state index in [1.165, 1.54) is 0 Å². The van der Waals surface area contributed by atoms with Crippen molar-refractivity contribution in [2.75, 3.05) is 17.2 Å². The monoisotopic (exact) mass is 442 g/mol. The van der Waals surface area contributed by atoms with Gasteiger partial charge < -0.3 is 10.6 Å². The predicted octanol–water partition coefficient (Wildman–Crippen LogP) is 5.41. The molecule has 0 saturated heterocycles. The molecule has 31 heavy (non-hydrogen) atoms. The van der Waals surface area contributed by atoms with Gasteiger partial charge in [-0.1, -0.05) is 6.92 Å². The molecule has 0 aliphatic rings. The minimum absolute atomic E-state index is 0.100. The van der Waals surface area contributed by atoms with Gasteiger partial charge in [0.05, 0.1) is 17.1 Å². The minimum Gasteiger partial charge on any atom is -0.397 e. The van der Waals surface area contributed by atoms with Crippen molar-refractivity contribution in [3.05, 3.63) is 71.1 Å². The van der Waals surface area contributed by atoms with Gasteiger partial charge in [0.2, 0.25) is 0 Å². The van der Waals surface area contributed by atoms with E-state index in [1.807, 2.05) is 6.07 Å². The van der Waals surface area contributed by atoms with Crippen LogP contribution in [-0.2, 0) is 0 Å². The van der Waals surface area contributed by atoms with Crippen LogP contribution < -0.4 is 10.6 Å². The summed E-state index contributed by atoms with van der Waals surface area (Å²) >= 11 is 1.06. The Morgan fingerprint density at radius 3 is 2.65 bits per heavy atom. The van der Waals surface area contributed by atoms with Crippen LogP contribution in [0.4, 0.5) is 24.5 Å². The lowest BCUT2D eigenvalue weighted by molar-refractivity contribution is 0.0990. The second-order valence-corrected chi connectivity index (χ2v) is 7.79. The molecule has 0 unspecified atom stereocenters. The van der Waals surface area contributed by atoms with Crippen molar-refractivity contribution in [2.45, 2.75) is 13.3 Å². The van der Waals surface area contributed by atoms with Crippen molar-refractivity contribution in [1.29, 1.82) is 0 Å². The van der Waals surface area contributed by atoms with E-state index in [0.717, 1.165) is 33.9 Å². The lowest BCUT2D eigenvalue weighted by Crippen LogP contribution is -2.32. The Morgan fingerprint density at radius 1 is 1.13 bits per heavy atom. The number of anilines is 2. The first-order valence-corrected chi connectivity index (χ1v) is 10.3. The molecule has 0 spiro atoms. The standard InChI is InChI=1S/C22H17F3N4OS/c1-2-10-29(16-8-6-14(23)17(24)18(16)25)22(30)20-19(26)13-5-7-15(28-21(13)31-20)12-4-3-9-27-11-12/h3-9,11H,2,10,26H2,1H3. The minimum atomic E-state index is -1.63. The molecule has 2 N–H and O–H groups in total. The summed E-state index contributed by atoms with van der Waals surface area (Å²) in [7, 11) is 0. The van der Waals surface area contributed by atoms with Crippen molar-refractivity contribution in [3.63, 3.8) is 0 Å². The van der Waals surface area contributed by atoms with Crippen LogP contribution in [0.3, 0.4) is 0 Å². The number of carbonyl (C=O) groups is 1. The molecule has 0 atom stereocenters. The summed E-state index contributed by atoms with van der Waals surface area (Å²) in [5.74, 6) is -4.97. The van der Waals surface area contributed by atoms with Crippen LogP contribution in [-0.4, -0.2) is 22.4 Å². The van der Waals surface area contributed by atoms with Crippen molar-refractivity contribution in [2.24, 2.45) is 0 Å². The van der Waals surface area contributed by atoms with Crippen LogP contribution >= 0.6 is 11.3 Å². The number of benzene rings is 1. The van der Waals surface area contributed by atoms with E-state index in [2.05, 4.69) is 9.97 Å². The lowest BCUT2D eigenvalue weighted by Gasteiger charge is -2.22. The molecule has 3 heterocycles. The topological polar surface area (TPSA) is 72.1 Å². The molecule has 0 saturated carbocycles. The van der Waals surface area contributed by atoms with Crippen LogP contribution in [0.2, 0.25) is 0 Å². The normalized spacial score (nSPS) is 11.1. The fourth-order valence-electron chi connectivity index (χ4n) is 3.23. The van der Waals surface area contributed by atoms with Gasteiger partial charge in [-0.3, -0.25) is 9.78 Å². The molecule has 4 rings (SSSR count). The van der Waals surface area contributed by atoms with Gasteiger partial charge in [0.1, 0.15) is 9.71 Å². The van der Waals surface area contributed by atoms with Gasteiger partial charge in [0, 0.05) is 29.9 Å². The molecule has 1 aromatic carbocycles. The average molecular weight is 442 g/mol. The number of rotatable bonds is 5. The van der Waals surface area contributed by atoms with Crippen LogP contribution in [0.15, 0.2) is 48.8 Å². The number of hydrogen-bond donors (Lipinski definition) is 1. The Morgan fingerprint density at radius 2 is 1.94 bits per heavy atom. The van der Waals surface area contributed by atoms with Gasteiger partial charge in [-0.2, -0.15) is 0 Å². The highest BCUT2D eigenvalue weighted by molar-refractivity contribution is 7.21. The van der Waals surface area contributed by atoms with Crippen LogP contribution in [0, 0.1) is 17.5 Å². The van der Waals surface area contributed by atoms with Gasteiger partial charge in [0.25, 0.3) is 5.91 Å². The first-order chi connectivity index (χ1) is 14.9. The fraction of sp³-hybridized carbons (Fsp3) is 0.136. The Balaban J connectivity index is 1.78. The van der Waals surface area contributed by atoms with Gasteiger partial charge in [-0.15, -0.1) is 11.3 Å². The number of carbonyl (C=O) groups excluding carboxylic acids is 1. The third-order valence-electron chi connectivity index (χ3n) is 4.74. The number of hydrogen-bond acceptors (Lipinski definition) is 5. The molecule has 0 aliphatic heterocycles. The first-order valence-electron chi connectivity index (χ1n) is 9.47. The van der Waals surface area contributed by atoms with Crippen molar-refractivity contribution < 1.29 is 18.0 Å². The third kappa shape index (κ3) is 3.72. The van der Waals surface area contributed by atoms with Crippen molar-refractivity contribution >= 4 is 38.8 Å². The largest absolute Gasteiger partial charge is 0.397 e. The first kappa shape index (κ1) is 20.8. The molecule has 5 nitrogen and oxygen atoms in total. The molecule has 158 valence electrons. The maximum atomic E-state index is 14.4. The third-order valence-corrected chi connectivity index (χ3v) is 5.85. The summed E-state index contributed by atoms with van der Waals surface area (Å²) in [5, 5.41) is 0.586. The summed E-state index contributed by atoms with van der Waals surface area (Å²) in [5.41, 5.74) is 7.55. The molecule has 0 bridgehead atoms. The van der Waals surface area contributed by atoms with E-state index >= 15 is 0 Å². The smallest absolute Gasteiger partial charge is 0.270 e. The van der Waals surface area contributed by atoms with E-state index in [-0.39, 0.29) is 22.8 Å². The number of fused-ring (bicyclic) bond motifs is 1. The van der Waals surface area contributed by atoms with Crippen LogP contribution in [0.5, 0.6) is 0 Å². The number of nitrogen functional groups attached to an aromatic ring is 1. The van der Waals surface area contributed by atoms with Gasteiger partial charge in [-0.05, 0) is 42.8 Å². The lowest BCUT2D eigenvalue weighted by atomic mass is 10.1. The van der Waals surface area contributed by atoms with E-state index in [0.29, 0.717) is 22.3 Å². The summed E-state index contributed by atoms with van der Waals surface area (Å²) in [6, 6.07) is 9.02. The van der Waals surface area contributed by atoms with E-state index in [9.17, 15) is 18.0 Å². The number of aromatic nitrogens is 2.